The molecule has 0 spiro atoms. The van der Waals surface area contributed by atoms with Crippen LogP contribution in [0.4, 0.5) is 34.1 Å². The van der Waals surface area contributed by atoms with Gasteiger partial charge in [-0.1, -0.05) is 243 Å². The van der Waals surface area contributed by atoms with E-state index in [1.165, 1.54) is 55.6 Å². The molecule has 0 aliphatic rings. The van der Waals surface area contributed by atoms with Crippen molar-refractivity contribution in [2.75, 3.05) is 9.80 Å². The normalized spacial score (nSPS) is 11.0. The van der Waals surface area contributed by atoms with Gasteiger partial charge in [0.25, 0.3) is 0 Å². The molecule has 0 aliphatic heterocycles. The highest BCUT2D eigenvalue weighted by atomic mass is 15.1. The molecule has 0 radical (unpaired) electrons. The van der Waals surface area contributed by atoms with Crippen LogP contribution in [0, 0.1) is 0 Å². The number of hydrogen-bond acceptors (Lipinski definition) is 2. The molecule has 0 saturated carbocycles. The van der Waals surface area contributed by atoms with Crippen LogP contribution in [-0.2, 0) is 0 Å². The Hall–Kier alpha value is -9.76. The predicted molar refractivity (Wildman–Crippen MR) is 314 cm³/mol. The first-order valence-corrected chi connectivity index (χ1v) is 25.3. The van der Waals surface area contributed by atoms with Crippen LogP contribution in [0.15, 0.2) is 315 Å². The van der Waals surface area contributed by atoms with Crippen LogP contribution in [-0.4, -0.2) is 0 Å². The van der Waals surface area contributed by atoms with Gasteiger partial charge in [0.2, 0.25) is 0 Å². The fourth-order valence-corrected chi connectivity index (χ4v) is 10.2. The molecule has 0 fully saturated rings. The van der Waals surface area contributed by atoms with E-state index < -0.39 is 0 Å². The standard InChI is InChI=1S/C72H52N2/c1-5-19-53(20-6-1)57-35-43-63(44-36-57)73(64-45-37-58(38-46-64)54-21-7-2-8-22-54)67-29-17-27-61(51-67)69-31-13-15-33-71(69)72-34-16-14-32-70(72)62-28-18-30-68(52-62)74(65-47-39-59(40-48-65)55-23-9-3-10-24-55)66-49-41-60(42-50-66)56-25-11-4-12-26-56/h1-52H. The lowest BCUT2D eigenvalue weighted by atomic mass is 9.89. The van der Waals surface area contributed by atoms with Crippen molar-refractivity contribution in [1.82, 2.24) is 0 Å². The van der Waals surface area contributed by atoms with Gasteiger partial charge in [-0.25, -0.2) is 0 Å². The zero-order valence-corrected chi connectivity index (χ0v) is 40.9. The van der Waals surface area contributed by atoms with Crippen LogP contribution in [0.3, 0.4) is 0 Å². The van der Waals surface area contributed by atoms with E-state index in [2.05, 4.69) is 325 Å². The zero-order chi connectivity index (χ0) is 49.5. The van der Waals surface area contributed by atoms with E-state index in [-0.39, 0.29) is 0 Å². The second kappa shape index (κ2) is 20.9. The quantitative estimate of drug-likeness (QED) is 0.114. The Morgan fingerprint density at radius 1 is 0.135 bits per heavy atom. The summed E-state index contributed by atoms with van der Waals surface area (Å²) in [6.07, 6.45) is 0. The van der Waals surface area contributed by atoms with Gasteiger partial charge in [0.15, 0.2) is 0 Å². The summed E-state index contributed by atoms with van der Waals surface area (Å²) >= 11 is 0. The topological polar surface area (TPSA) is 6.48 Å². The van der Waals surface area contributed by atoms with Gasteiger partial charge in [0.1, 0.15) is 0 Å². The molecule has 74 heavy (non-hydrogen) atoms. The van der Waals surface area contributed by atoms with Crippen molar-refractivity contribution in [2.24, 2.45) is 0 Å². The van der Waals surface area contributed by atoms with Crippen LogP contribution in [0.25, 0.3) is 77.9 Å². The predicted octanol–water partition coefficient (Wildman–Crippen LogP) is 20.3. The fourth-order valence-electron chi connectivity index (χ4n) is 10.2. The second-order valence-electron chi connectivity index (χ2n) is 18.5. The van der Waals surface area contributed by atoms with E-state index in [9.17, 15) is 0 Å². The summed E-state index contributed by atoms with van der Waals surface area (Å²) in [6, 6.07) is 114. The van der Waals surface area contributed by atoms with Gasteiger partial charge < -0.3 is 9.80 Å². The summed E-state index contributed by atoms with van der Waals surface area (Å²) in [5.41, 5.74) is 22.9. The van der Waals surface area contributed by atoms with E-state index in [1.807, 2.05) is 0 Å². The van der Waals surface area contributed by atoms with Crippen molar-refractivity contribution in [3.8, 4) is 77.9 Å². The lowest BCUT2D eigenvalue weighted by molar-refractivity contribution is 1.28. The van der Waals surface area contributed by atoms with Crippen LogP contribution in [0.5, 0.6) is 0 Å². The smallest absolute Gasteiger partial charge is 0.0467 e. The molecule has 0 saturated heterocycles. The van der Waals surface area contributed by atoms with Crippen molar-refractivity contribution in [1.29, 1.82) is 0 Å². The molecule has 0 heterocycles. The molecule has 0 aliphatic carbocycles. The minimum Gasteiger partial charge on any atom is -0.310 e. The lowest BCUT2D eigenvalue weighted by Crippen LogP contribution is -2.10. The number of nitrogens with zero attached hydrogens (tertiary/aromatic N) is 2. The largest absolute Gasteiger partial charge is 0.310 e. The number of benzene rings is 12. The minimum absolute atomic E-state index is 1.08. The Balaban J connectivity index is 0.921. The Labute approximate surface area is 435 Å². The van der Waals surface area contributed by atoms with Crippen LogP contribution < -0.4 is 9.80 Å². The average Bonchev–Trinajstić information content (AvgIpc) is 3.49. The lowest BCUT2D eigenvalue weighted by Gasteiger charge is -2.27. The van der Waals surface area contributed by atoms with E-state index >= 15 is 0 Å². The highest BCUT2D eigenvalue weighted by molar-refractivity contribution is 5.94. The third kappa shape index (κ3) is 9.56. The fraction of sp³-hybridized carbons (Fsp3) is 0. The summed E-state index contributed by atoms with van der Waals surface area (Å²) < 4.78 is 0. The Bertz CT molecular complexity index is 3360. The molecule has 0 N–H and O–H groups in total. The average molecular weight is 945 g/mol. The molecule has 0 atom stereocenters. The third-order valence-corrected chi connectivity index (χ3v) is 13.9. The first-order valence-electron chi connectivity index (χ1n) is 25.3. The van der Waals surface area contributed by atoms with Gasteiger partial charge in [-0.15, -0.1) is 0 Å². The monoisotopic (exact) mass is 944 g/mol. The van der Waals surface area contributed by atoms with Gasteiger partial charge in [0.05, 0.1) is 0 Å². The molecule has 0 amide bonds. The second-order valence-corrected chi connectivity index (χ2v) is 18.5. The molecule has 0 unspecified atom stereocenters. The molecule has 12 aromatic rings. The number of anilines is 6. The van der Waals surface area contributed by atoms with Gasteiger partial charge in [-0.3, -0.25) is 0 Å². The molecular formula is C72H52N2. The maximum absolute atomic E-state index is 2.37. The summed E-state index contributed by atoms with van der Waals surface area (Å²) in [6.45, 7) is 0. The Morgan fingerprint density at radius 2 is 0.351 bits per heavy atom. The Morgan fingerprint density at radius 3 is 0.622 bits per heavy atom. The highest BCUT2D eigenvalue weighted by Gasteiger charge is 2.19. The maximum Gasteiger partial charge on any atom is 0.0467 e. The summed E-state index contributed by atoms with van der Waals surface area (Å²) in [4.78, 5) is 4.73. The molecule has 12 aromatic carbocycles. The molecular weight excluding hydrogens is 893 g/mol. The summed E-state index contributed by atoms with van der Waals surface area (Å²) in [5.74, 6) is 0. The number of rotatable bonds is 13. The van der Waals surface area contributed by atoms with Crippen molar-refractivity contribution >= 4 is 34.1 Å². The number of hydrogen-bond donors (Lipinski definition) is 0. The van der Waals surface area contributed by atoms with Crippen LogP contribution in [0.2, 0.25) is 0 Å². The zero-order valence-electron chi connectivity index (χ0n) is 40.9. The molecule has 0 bridgehead atoms. The maximum atomic E-state index is 2.37. The van der Waals surface area contributed by atoms with Gasteiger partial charge in [-0.05, 0) is 151 Å². The highest BCUT2D eigenvalue weighted by Crippen LogP contribution is 2.44. The summed E-state index contributed by atoms with van der Waals surface area (Å²) in [7, 11) is 0. The third-order valence-electron chi connectivity index (χ3n) is 13.9. The van der Waals surface area contributed by atoms with Crippen molar-refractivity contribution in [3.63, 3.8) is 0 Å². The van der Waals surface area contributed by atoms with Crippen molar-refractivity contribution in [2.45, 2.75) is 0 Å². The van der Waals surface area contributed by atoms with E-state index in [0.717, 1.165) is 56.4 Å². The molecule has 0 aromatic heterocycles. The minimum atomic E-state index is 1.08. The van der Waals surface area contributed by atoms with Crippen molar-refractivity contribution in [3.05, 3.63) is 315 Å². The van der Waals surface area contributed by atoms with Gasteiger partial charge >= 0.3 is 0 Å². The summed E-state index contributed by atoms with van der Waals surface area (Å²) in [5, 5.41) is 0. The van der Waals surface area contributed by atoms with E-state index in [0.29, 0.717) is 0 Å². The Kier molecular flexibility index (Phi) is 12.8. The molecule has 350 valence electrons. The van der Waals surface area contributed by atoms with Crippen LogP contribution in [0.1, 0.15) is 0 Å². The first-order chi connectivity index (χ1) is 36.7. The van der Waals surface area contributed by atoms with E-state index in [1.54, 1.807) is 0 Å². The first kappa shape index (κ1) is 45.4. The SMILES string of the molecule is c1ccc(-c2ccc(N(c3ccc(-c4ccccc4)cc3)c3cccc(-c4ccccc4-c4ccccc4-c4cccc(N(c5ccc(-c6ccccc6)cc5)c5ccc(-c6ccccc6)cc5)c4)c3)cc2)cc1. The molecule has 12 rings (SSSR count). The molecule has 2 nitrogen and oxygen atoms in total. The van der Waals surface area contributed by atoms with Crippen molar-refractivity contribution < 1.29 is 0 Å². The van der Waals surface area contributed by atoms with Gasteiger partial charge in [-0.2, -0.15) is 0 Å². The van der Waals surface area contributed by atoms with E-state index in [4.69, 9.17) is 0 Å². The van der Waals surface area contributed by atoms with Gasteiger partial charge in [0, 0.05) is 34.1 Å². The van der Waals surface area contributed by atoms with Crippen LogP contribution >= 0.6 is 0 Å². The molecule has 2 heteroatoms.